The Labute approximate surface area is 201 Å². The summed E-state index contributed by atoms with van der Waals surface area (Å²) < 4.78 is 0. The Morgan fingerprint density at radius 1 is 0.794 bits per heavy atom. The third kappa shape index (κ3) is 5.95. The third-order valence-corrected chi connectivity index (χ3v) is 5.38. The molecule has 0 unspecified atom stereocenters. The molecule has 178 valence electrons. The molecule has 3 rings (SSSR count). The fourth-order valence-electron chi connectivity index (χ4n) is 3.50. The van der Waals surface area contributed by atoms with E-state index in [1.165, 1.54) is 18.3 Å². The van der Waals surface area contributed by atoms with Gasteiger partial charge < -0.3 is 15.3 Å². The number of nitrogens with zero attached hydrogens (tertiary/aromatic N) is 2. The van der Waals surface area contributed by atoms with Crippen molar-refractivity contribution >= 4 is 17.7 Å². The van der Waals surface area contributed by atoms with Gasteiger partial charge in [0.15, 0.2) is 5.84 Å². The van der Waals surface area contributed by atoms with Crippen molar-refractivity contribution in [3.05, 3.63) is 82.9 Å². The maximum absolute atomic E-state index is 11.1. The zero-order chi connectivity index (χ0) is 25.1. The maximum atomic E-state index is 11.1. The predicted octanol–water partition coefficient (Wildman–Crippen LogP) is 6.10. The molecule has 0 amide bonds. The molecule has 0 aromatic heterocycles. The van der Waals surface area contributed by atoms with E-state index in [0.29, 0.717) is 17.1 Å². The molecule has 0 saturated heterocycles. The molecule has 0 aliphatic carbocycles. The van der Waals surface area contributed by atoms with Crippen LogP contribution in [-0.4, -0.2) is 27.4 Å². The third-order valence-electron chi connectivity index (χ3n) is 5.38. The largest absolute Gasteiger partial charge is 0.508 e. The SMILES string of the molecule is CC(C)(C)c1cc(C(=Nc2ccccc2)N/N=C/c2ccc(O)cc2O)cc(C(C)(C)C)c1O. The van der Waals surface area contributed by atoms with Gasteiger partial charge in [0.2, 0.25) is 0 Å². The fraction of sp³-hybridized carbons (Fsp3) is 0.286. The van der Waals surface area contributed by atoms with Gasteiger partial charge in [-0.3, -0.25) is 5.43 Å². The van der Waals surface area contributed by atoms with Crippen LogP contribution in [0.5, 0.6) is 17.2 Å². The molecule has 34 heavy (non-hydrogen) atoms. The highest BCUT2D eigenvalue weighted by molar-refractivity contribution is 6.01. The fourth-order valence-corrected chi connectivity index (χ4v) is 3.50. The second kappa shape index (κ2) is 9.59. The summed E-state index contributed by atoms with van der Waals surface area (Å²) in [6, 6.07) is 17.7. The minimum Gasteiger partial charge on any atom is -0.508 e. The first kappa shape index (κ1) is 24.8. The highest BCUT2D eigenvalue weighted by Crippen LogP contribution is 2.40. The molecule has 6 nitrogen and oxygen atoms in total. The molecule has 0 aliphatic rings. The molecule has 0 spiro atoms. The van der Waals surface area contributed by atoms with Gasteiger partial charge in [0.05, 0.1) is 11.9 Å². The lowest BCUT2D eigenvalue weighted by atomic mass is 9.78. The van der Waals surface area contributed by atoms with Crippen molar-refractivity contribution in [2.45, 2.75) is 52.4 Å². The lowest BCUT2D eigenvalue weighted by Crippen LogP contribution is -2.23. The summed E-state index contributed by atoms with van der Waals surface area (Å²) in [5.41, 5.74) is 6.04. The molecule has 4 N–H and O–H groups in total. The summed E-state index contributed by atoms with van der Waals surface area (Å²) in [6.07, 6.45) is 1.46. The number of nitrogens with one attached hydrogen (secondary N) is 1. The van der Waals surface area contributed by atoms with Gasteiger partial charge in [0.25, 0.3) is 0 Å². The van der Waals surface area contributed by atoms with E-state index in [2.05, 4.69) is 52.1 Å². The van der Waals surface area contributed by atoms with Gasteiger partial charge in [-0.2, -0.15) is 5.10 Å². The van der Waals surface area contributed by atoms with E-state index < -0.39 is 0 Å². The van der Waals surface area contributed by atoms with E-state index in [1.807, 2.05) is 42.5 Å². The van der Waals surface area contributed by atoms with E-state index >= 15 is 0 Å². The van der Waals surface area contributed by atoms with Crippen LogP contribution in [0.1, 0.15) is 63.8 Å². The van der Waals surface area contributed by atoms with Gasteiger partial charge in [-0.15, -0.1) is 0 Å². The first-order chi connectivity index (χ1) is 15.9. The van der Waals surface area contributed by atoms with Gasteiger partial charge in [0, 0.05) is 28.3 Å². The van der Waals surface area contributed by atoms with Gasteiger partial charge in [-0.05, 0) is 47.2 Å². The van der Waals surface area contributed by atoms with Crippen molar-refractivity contribution in [1.82, 2.24) is 5.43 Å². The number of hydrogen-bond donors (Lipinski definition) is 4. The number of hydrazone groups is 1. The van der Waals surface area contributed by atoms with Crippen LogP contribution in [0.25, 0.3) is 0 Å². The van der Waals surface area contributed by atoms with Crippen LogP contribution in [0.2, 0.25) is 0 Å². The van der Waals surface area contributed by atoms with Gasteiger partial charge in [0.1, 0.15) is 17.2 Å². The molecule has 0 bridgehead atoms. The normalized spacial score (nSPS) is 12.8. The monoisotopic (exact) mass is 459 g/mol. The van der Waals surface area contributed by atoms with Crippen molar-refractivity contribution in [1.29, 1.82) is 0 Å². The summed E-state index contributed by atoms with van der Waals surface area (Å²) in [5, 5.41) is 35.0. The number of aromatic hydroxyl groups is 3. The topological polar surface area (TPSA) is 97.4 Å². The maximum Gasteiger partial charge on any atom is 0.154 e. The minimum atomic E-state index is -0.293. The average molecular weight is 460 g/mol. The Balaban J connectivity index is 2.13. The van der Waals surface area contributed by atoms with Crippen LogP contribution < -0.4 is 5.43 Å². The predicted molar refractivity (Wildman–Crippen MR) is 139 cm³/mol. The number of amidine groups is 1. The molecular weight excluding hydrogens is 426 g/mol. The highest BCUT2D eigenvalue weighted by Gasteiger charge is 2.27. The molecule has 0 atom stereocenters. The van der Waals surface area contributed by atoms with Gasteiger partial charge >= 0.3 is 0 Å². The summed E-state index contributed by atoms with van der Waals surface area (Å²) in [6.45, 7) is 12.4. The number of benzene rings is 3. The molecule has 0 aliphatic heterocycles. The lowest BCUT2D eigenvalue weighted by molar-refractivity contribution is 0.423. The van der Waals surface area contributed by atoms with Crippen LogP contribution in [0, 0.1) is 0 Å². The zero-order valence-corrected chi connectivity index (χ0v) is 20.6. The Bertz CT molecular complexity index is 1180. The number of phenolic OH excluding ortho intramolecular Hbond substituents is 3. The van der Waals surface area contributed by atoms with Crippen molar-refractivity contribution in [2.24, 2.45) is 10.1 Å². The van der Waals surface area contributed by atoms with E-state index in [4.69, 9.17) is 4.99 Å². The molecule has 0 heterocycles. The van der Waals surface area contributed by atoms with Crippen molar-refractivity contribution in [3.63, 3.8) is 0 Å². The van der Waals surface area contributed by atoms with Crippen LogP contribution >= 0.6 is 0 Å². The Morgan fingerprint density at radius 2 is 1.38 bits per heavy atom. The minimum absolute atomic E-state index is 0.0255. The van der Waals surface area contributed by atoms with Crippen LogP contribution in [0.15, 0.2) is 70.8 Å². The van der Waals surface area contributed by atoms with Crippen molar-refractivity contribution < 1.29 is 15.3 Å². The first-order valence-electron chi connectivity index (χ1n) is 11.2. The highest BCUT2D eigenvalue weighted by atomic mass is 16.3. The van der Waals surface area contributed by atoms with Crippen LogP contribution in [0.3, 0.4) is 0 Å². The van der Waals surface area contributed by atoms with Gasteiger partial charge in [-0.1, -0.05) is 59.7 Å². The Hall–Kier alpha value is -3.80. The second-order valence-corrected chi connectivity index (χ2v) is 10.3. The second-order valence-electron chi connectivity index (χ2n) is 10.3. The van der Waals surface area contributed by atoms with E-state index in [9.17, 15) is 15.3 Å². The van der Waals surface area contributed by atoms with E-state index in [0.717, 1.165) is 22.4 Å². The van der Waals surface area contributed by atoms with Crippen molar-refractivity contribution in [2.75, 3.05) is 0 Å². The molecule has 0 saturated carbocycles. The molecule has 3 aromatic carbocycles. The van der Waals surface area contributed by atoms with E-state index in [1.54, 1.807) is 6.07 Å². The quantitative estimate of drug-likeness (QED) is 0.215. The van der Waals surface area contributed by atoms with E-state index in [-0.39, 0.29) is 22.3 Å². The number of phenols is 3. The number of hydrogen-bond acceptors (Lipinski definition) is 5. The summed E-state index contributed by atoms with van der Waals surface area (Å²) >= 11 is 0. The standard InChI is InChI=1S/C28H33N3O3/c1-27(2,3)22-14-19(15-23(25(22)34)28(4,5)6)26(30-20-10-8-7-9-11-20)31-29-17-18-12-13-21(32)16-24(18)33/h7-17,32-34H,1-6H3,(H,30,31)/b29-17+. The molecule has 3 aromatic rings. The molecule has 0 radical (unpaired) electrons. The van der Waals surface area contributed by atoms with Crippen LogP contribution in [0.4, 0.5) is 5.69 Å². The molecule has 6 heteroatoms. The average Bonchev–Trinajstić information content (AvgIpc) is 2.74. The first-order valence-corrected chi connectivity index (χ1v) is 11.2. The smallest absolute Gasteiger partial charge is 0.154 e. The zero-order valence-electron chi connectivity index (χ0n) is 20.6. The Kier molecular flexibility index (Phi) is 7.01. The molecule has 0 fully saturated rings. The summed E-state index contributed by atoms with van der Waals surface area (Å²) in [5.74, 6) is 0.682. The summed E-state index contributed by atoms with van der Waals surface area (Å²) in [4.78, 5) is 4.78. The van der Waals surface area contributed by atoms with Crippen LogP contribution in [-0.2, 0) is 10.8 Å². The number of para-hydroxylation sites is 1. The van der Waals surface area contributed by atoms with Gasteiger partial charge in [-0.25, -0.2) is 4.99 Å². The van der Waals surface area contributed by atoms with Crippen molar-refractivity contribution in [3.8, 4) is 17.2 Å². The summed E-state index contributed by atoms with van der Waals surface area (Å²) in [7, 11) is 0. The lowest BCUT2D eigenvalue weighted by Gasteiger charge is -2.28. The Morgan fingerprint density at radius 3 is 1.91 bits per heavy atom. The number of aliphatic imine (C=N–C) groups is 1. The molecular formula is C28H33N3O3. The number of rotatable bonds is 4.